The Morgan fingerprint density at radius 2 is 2.45 bits per heavy atom. The van der Waals surface area contributed by atoms with Crippen LogP contribution in [0.15, 0.2) is 12.7 Å². The number of ether oxygens (including phenoxy) is 3. The van der Waals surface area contributed by atoms with Gasteiger partial charge in [-0.25, -0.2) is 4.79 Å². The van der Waals surface area contributed by atoms with Crippen molar-refractivity contribution in [2.45, 2.75) is 6.29 Å². The van der Waals surface area contributed by atoms with Gasteiger partial charge in [-0.1, -0.05) is 6.58 Å². The van der Waals surface area contributed by atoms with Gasteiger partial charge in [-0.15, -0.1) is 0 Å². The van der Waals surface area contributed by atoms with Crippen molar-refractivity contribution < 1.29 is 19.0 Å². The van der Waals surface area contributed by atoms with Crippen molar-refractivity contribution in [3.63, 3.8) is 0 Å². The minimum Gasteiger partial charge on any atom is -0.460 e. The fourth-order valence-electron chi connectivity index (χ4n) is 0.516. The summed E-state index contributed by atoms with van der Waals surface area (Å²) < 4.78 is 14.4. The third-order valence-electron chi connectivity index (χ3n) is 1.10. The fraction of sp³-hybridized carbons (Fsp3) is 0.571. The van der Waals surface area contributed by atoms with Crippen molar-refractivity contribution in [2.75, 3.05) is 19.8 Å². The normalized spacial score (nSPS) is 20.9. The van der Waals surface area contributed by atoms with Crippen LogP contribution in [0.2, 0.25) is 0 Å². The van der Waals surface area contributed by atoms with Gasteiger partial charge in [0.25, 0.3) is 0 Å². The maximum Gasteiger partial charge on any atom is 0.330 e. The third kappa shape index (κ3) is 3.75. The van der Waals surface area contributed by atoms with E-state index in [0.717, 1.165) is 6.08 Å². The van der Waals surface area contributed by atoms with Crippen LogP contribution in [0.4, 0.5) is 0 Å². The van der Waals surface area contributed by atoms with Crippen molar-refractivity contribution in [3.05, 3.63) is 12.7 Å². The van der Waals surface area contributed by atoms with Gasteiger partial charge in [0.2, 0.25) is 0 Å². The lowest BCUT2D eigenvalue weighted by molar-refractivity contribution is -0.139. The van der Waals surface area contributed by atoms with E-state index in [2.05, 4.69) is 11.3 Å². The van der Waals surface area contributed by atoms with Crippen molar-refractivity contribution in [1.29, 1.82) is 0 Å². The van der Waals surface area contributed by atoms with E-state index in [1.807, 2.05) is 0 Å². The molecule has 0 radical (unpaired) electrons. The van der Waals surface area contributed by atoms with Crippen molar-refractivity contribution in [2.24, 2.45) is 0 Å². The summed E-state index contributed by atoms with van der Waals surface area (Å²) in [5.74, 6) is -0.426. The van der Waals surface area contributed by atoms with Gasteiger partial charge in [0, 0.05) is 6.08 Å². The molecule has 62 valence electrons. The molecule has 0 N–H and O–H groups in total. The predicted octanol–water partition coefficient (Wildman–Crippen LogP) is 0.0885. The average Bonchev–Trinajstić information content (AvgIpc) is 2.81. The van der Waals surface area contributed by atoms with E-state index in [1.54, 1.807) is 0 Å². The Labute approximate surface area is 64.7 Å². The van der Waals surface area contributed by atoms with Gasteiger partial charge in [0.05, 0.1) is 6.61 Å². The molecule has 4 heteroatoms. The van der Waals surface area contributed by atoms with E-state index < -0.39 is 5.97 Å². The maximum absolute atomic E-state index is 10.4. The summed E-state index contributed by atoms with van der Waals surface area (Å²) in [6.45, 7) is 4.53. The number of esters is 1. The van der Waals surface area contributed by atoms with Crippen LogP contribution in [0.3, 0.4) is 0 Å². The highest BCUT2D eigenvalue weighted by molar-refractivity contribution is 5.81. The van der Waals surface area contributed by atoms with E-state index in [0.29, 0.717) is 13.2 Å². The molecule has 1 saturated heterocycles. The summed E-state index contributed by atoms with van der Waals surface area (Å²) in [5.41, 5.74) is 0. The Hall–Kier alpha value is -0.870. The quantitative estimate of drug-likeness (QED) is 0.246. The lowest BCUT2D eigenvalue weighted by atomic mass is 10.6. The number of hydrogen-bond acceptors (Lipinski definition) is 4. The summed E-state index contributed by atoms with van der Waals surface area (Å²) in [7, 11) is 0. The Morgan fingerprint density at radius 1 is 1.73 bits per heavy atom. The molecule has 0 bridgehead atoms. The molecule has 0 saturated carbocycles. The fourth-order valence-corrected chi connectivity index (χ4v) is 0.516. The molecule has 1 rings (SSSR count). The maximum atomic E-state index is 10.4. The van der Waals surface area contributed by atoms with Crippen LogP contribution < -0.4 is 0 Å². The summed E-state index contributed by atoms with van der Waals surface area (Å²) in [5, 5.41) is 0. The third-order valence-corrected chi connectivity index (χ3v) is 1.10. The van der Waals surface area contributed by atoms with E-state index in [4.69, 9.17) is 9.47 Å². The van der Waals surface area contributed by atoms with Crippen LogP contribution in [0.25, 0.3) is 0 Å². The van der Waals surface area contributed by atoms with Gasteiger partial charge in [-0.3, -0.25) is 0 Å². The lowest BCUT2D eigenvalue weighted by Crippen LogP contribution is -2.09. The van der Waals surface area contributed by atoms with Crippen LogP contribution in [0.1, 0.15) is 0 Å². The topological polar surface area (TPSA) is 48.1 Å². The van der Waals surface area contributed by atoms with E-state index in [9.17, 15) is 4.79 Å². The van der Waals surface area contributed by atoms with E-state index in [-0.39, 0.29) is 12.9 Å². The minimum atomic E-state index is -0.426. The Morgan fingerprint density at radius 3 is 3.00 bits per heavy atom. The lowest BCUT2D eigenvalue weighted by Gasteiger charge is -2.00. The number of carbonyl (C=O) groups excluding carboxylic acids is 1. The van der Waals surface area contributed by atoms with E-state index in [1.165, 1.54) is 0 Å². The molecule has 0 amide bonds. The molecule has 1 unspecified atom stereocenters. The van der Waals surface area contributed by atoms with Gasteiger partial charge < -0.3 is 14.2 Å². The summed E-state index contributed by atoms with van der Waals surface area (Å²) in [6.07, 6.45) is 1.05. The van der Waals surface area contributed by atoms with Gasteiger partial charge in [-0.2, -0.15) is 0 Å². The molecule has 0 aliphatic carbocycles. The number of carbonyl (C=O) groups is 1. The SMILES string of the molecule is C=CC(=O)OCCOC1CO1. The van der Waals surface area contributed by atoms with Gasteiger partial charge in [0.1, 0.15) is 13.2 Å². The zero-order valence-electron chi connectivity index (χ0n) is 6.12. The zero-order chi connectivity index (χ0) is 8.10. The molecule has 0 aromatic carbocycles. The second kappa shape index (κ2) is 4.10. The molecule has 1 aliphatic rings. The monoisotopic (exact) mass is 158 g/mol. The number of hydrogen-bond donors (Lipinski definition) is 0. The highest BCUT2D eigenvalue weighted by Crippen LogP contribution is 2.09. The minimum absolute atomic E-state index is 0.0718. The molecule has 11 heavy (non-hydrogen) atoms. The van der Waals surface area contributed by atoms with Crippen LogP contribution in [-0.2, 0) is 19.0 Å². The summed E-state index contributed by atoms with van der Waals surface area (Å²) in [6, 6.07) is 0. The molecule has 1 fully saturated rings. The van der Waals surface area contributed by atoms with Crippen molar-refractivity contribution >= 4 is 5.97 Å². The predicted molar refractivity (Wildman–Crippen MR) is 36.8 cm³/mol. The molecule has 0 spiro atoms. The first-order chi connectivity index (χ1) is 5.33. The summed E-state index contributed by atoms with van der Waals surface area (Å²) >= 11 is 0. The zero-order valence-corrected chi connectivity index (χ0v) is 6.12. The highest BCUT2D eigenvalue weighted by atomic mass is 16.8. The second-order valence-corrected chi connectivity index (χ2v) is 2.01. The standard InChI is InChI=1S/C7H10O4/c1-2-6(8)9-3-4-10-7-5-11-7/h2,7H,1,3-5H2. The molecular weight excluding hydrogens is 148 g/mol. The largest absolute Gasteiger partial charge is 0.460 e. The Kier molecular flexibility index (Phi) is 3.07. The van der Waals surface area contributed by atoms with Crippen molar-refractivity contribution in [1.82, 2.24) is 0 Å². The first kappa shape index (κ1) is 8.23. The molecule has 1 atom stereocenters. The first-order valence-corrected chi connectivity index (χ1v) is 3.35. The van der Waals surface area contributed by atoms with Crippen LogP contribution in [0, 0.1) is 0 Å². The van der Waals surface area contributed by atoms with Gasteiger partial charge >= 0.3 is 5.97 Å². The second-order valence-electron chi connectivity index (χ2n) is 2.01. The molecule has 4 nitrogen and oxygen atoms in total. The average molecular weight is 158 g/mol. The molecule has 1 heterocycles. The van der Waals surface area contributed by atoms with Crippen LogP contribution >= 0.6 is 0 Å². The first-order valence-electron chi connectivity index (χ1n) is 3.35. The molecular formula is C7H10O4. The molecule has 0 aromatic heterocycles. The number of epoxide rings is 1. The van der Waals surface area contributed by atoms with Gasteiger partial charge in [0.15, 0.2) is 6.29 Å². The smallest absolute Gasteiger partial charge is 0.330 e. The van der Waals surface area contributed by atoms with Gasteiger partial charge in [-0.05, 0) is 0 Å². The van der Waals surface area contributed by atoms with Crippen LogP contribution in [0.5, 0.6) is 0 Å². The Bertz CT molecular complexity index is 151. The Balaban J connectivity index is 1.86. The molecule has 1 aliphatic heterocycles. The summed E-state index contributed by atoms with van der Waals surface area (Å²) in [4.78, 5) is 10.4. The molecule has 0 aromatic rings. The highest BCUT2D eigenvalue weighted by Gasteiger charge is 2.22. The van der Waals surface area contributed by atoms with Crippen LogP contribution in [-0.4, -0.2) is 32.1 Å². The number of rotatable bonds is 5. The van der Waals surface area contributed by atoms with E-state index >= 15 is 0 Å². The van der Waals surface area contributed by atoms with Crippen molar-refractivity contribution in [3.8, 4) is 0 Å².